The standard InChI is InChI=1S/C5H5NO4S/c7-11(8,9)10-5-3-1-2-4-6-5/h1-4H,(H,7,8,9). The minimum atomic E-state index is -4.44. The third kappa shape index (κ3) is 2.96. The number of hydrogen-bond acceptors (Lipinski definition) is 4. The number of nitrogens with zero attached hydrogens (tertiary/aromatic N) is 1. The molecule has 0 aliphatic heterocycles. The van der Waals surface area contributed by atoms with Gasteiger partial charge in [0.1, 0.15) is 0 Å². The van der Waals surface area contributed by atoms with Gasteiger partial charge in [-0.3, -0.25) is 4.55 Å². The quantitative estimate of drug-likeness (QED) is 0.652. The SMILES string of the molecule is O=S(=O)(O)Oc1ccccn1. The van der Waals surface area contributed by atoms with Crippen LogP contribution in [0.4, 0.5) is 0 Å². The van der Waals surface area contributed by atoms with Crippen molar-refractivity contribution in [3.05, 3.63) is 24.4 Å². The van der Waals surface area contributed by atoms with Gasteiger partial charge in [-0.1, -0.05) is 6.07 Å². The minimum absolute atomic E-state index is 0.157. The summed E-state index contributed by atoms with van der Waals surface area (Å²) in [4.78, 5) is 3.50. The van der Waals surface area contributed by atoms with Gasteiger partial charge in [0.05, 0.1) is 0 Å². The molecule has 0 aliphatic rings. The van der Waals surface area contributed by atoms with Crippen molar-refractivity contribution in [1.82, 2.24) is 4.98 Å². The topological polar surface area (TPSA) is 76.5 Å². The van der Waals surface area contributed by atoms with Gasteiger partial charge in [-0.25, -0.2) is 4.98 Å². The van der Waals surface area contributed by atoms with Crippen molar-refractivity contribution < 1.29 is 17.2 Å². The summed E-state index contributed by atoms with van der Waals surface area (Å²) in [5.41, 5.74) is 0. The third-order valence-corrected chi connectivity index (χ3v) is 1.21. The molecular weight excluding hydrogens is 170 g/mol. The summed E-state index contributed by atoms with van der Waals surface area (Å²) >= 11 is 0. The smallest absolute Gasteiger partial charge is 0.341 e. The van der Waals surface area contributed by atoms with Crippen molar-refractivity contribution in [3.63, 3.8) is 0 Å². The van der Waals surface area contributed by atoms with Crippen LogP contribution < -0.4 is 4.18 Å². The molecule has 0 fully saturated rings. The maximum Gasteiger partial charge on any atom is 0.447 e. The fourth-order valence-corrected chi connectivity index (χ4v) is 0.819. The molecule has 1 aromatic heterocycles. The van der Waals surface area contributed by atoms with Crippen molar-refractivity contribution in [3.8, 4) is 5.88 Å². The van der Waals surface area contributed by atoms with Gasteiger partial charge in [-0.2, -0.15) is 8.42 Å². The average molecular weight is 175 g/mol. The van der Waals surface area contributed by atoms with Crippen LogP contribution in [0.3, 0.4) is 0 Å². The van der Waals surface area contributed by atoms with Gasteiger partial charge in [0.2, 0.25) is 5.88 Å². The number of pyridine rings is 1. The van der Waals surface area contributed by atoms with Crippen LogP contribution in [0, 0.1) is 0 Å². The lowest BCUT2D eigenvalue weighted by Gasteiger charge is -1.96. The van der Waals surface area contributed by atoms with Gasteiger partial charge in [0, 0.05) is 12.3 Å². The van der Waals surface area contributed by atoms with Crippen LogP contribution in [0.25, 0.3) is 0 Å². The lowest BCUT2D eigenvalue weighted by atomic mass is 10.5. The zero-order chi connectivity index (χ0) is 8.32. The van der Waals surface area contributed by atoms with Gasteiger partial charge in [0.25, 0.3) is 0 Å². The first-order chi connectivity index (χ1) is 5.08. The average Bonchev–Trinajstić information content (AvgIpc) is 1.85. The van der Waals surface area contributed by atoms with Crippen molar-refractivity contribution in [2.75, 3.05) is 0 Å². The fourth-order valence-electron chi connectivity index (χ4n) is 0.504. The molecule has 1 heterocycles. The molecule has 0 amide bonds. The van der Waals surface area contributed by atoms with Crippen LogP contribution in [0.5, 0.6) is 5.88 Å². The molecule has 0 spiro atoms. The van der Waals surface area contributed by atoms with E-state index in [9.17, 15) is 8.42 Å². The normalized spacial score (nSPS) is 11.0. The Kier molecular flexibility index (Phi) is 2.06. The maximum absolute atomic E-state index is 10.1. The number of hydrogen-bond donors (Lipinski definition) is 1. The van der Waals surface area contributed by atoms with E-state index in [0.29, 0.717) is 0 Å². The van der Waals surface area contributed by atoms with Crippen molar-refractivity contribution in [2.45, 2.75) is 0 Å². The van der Waals surface area contributed by atoms with Gasteiger partial charge in [-0.15, -0.1) is 0 Å². The minimum Gasteiger partial charge on any atom is -0.341 e. The molecule has 0 radical (unpaired) electrons. The van der Waals surface area contributed by atoms with Gasteiger partial charge >= 0.3 is 10.4 Å². The Labute approximate surface area is 63.6 Å². The summed E-state index contributed by atoms with van der Waals surface area (Å²) in [7, 11) is -4.44. The highest BCUT2D eigenvalue weighted by atomic mass is 32.3. The third-order valence-electron chi connectivity index (χ3n) is 0.828. The first-order valence-electron chi connectivity index (χ1n) is 2.66. The Hall–Kier alpha value is -1.14. The Bertz CT molecular complexity index is 320. The second kappa shape index (κ2) is 2.85. The molecule has 0 saturated carbocycles. The van der Waals surface area contributed by atoms with Crippen molar-refractivity contribution >= 4 is 10.4 Å². The van der Waals surface area contributed by atoms with E-state index < -0.39 is 10.4 Å². The molecule has 0 atom stereocenters. The summed E-state index contributed by atoms with van der Waals surface area (Å²) in [6, 6.07) is 4.44. The maximum atomic E-state index is 10.1. The van der Waals surface area contributed by atoms with E-state index in [1.54, 1.807) is 6.07 Å². The van der Waals surface area contributed by atoms with E-state index in [2.05, 4.69) is 9.17 Å². The molecule has 0 bridgehead atoms. The largest absolute Gasteiger partial charge is 0.447 e. The van der Waals surface area contributed by atoms with Crippen molar-refractivity contribution in [2.24, 2.45) is 0 Å². The molecule has 11 heavy (non-hydrogen) atoms. The summed E-state index contributed by atoms with van der Waals surface area (Å²) in [5, 5.41) is 0. The second-order valence-corrected chi connectivity index (χ2v) is 2.70. The highest BCUT2D eigenvalue weighted by molar-refractivity contribution is 7.81. The molecular formula is C5H5NO4S. The zero-order valence-electron chi connectivity index (χ0n) is 5.34. The zero-order valence-corrected chi connectivity index (χ0v) is 6.15. The monoisotopic (exact) mass is 175 g/mol. The van der Waals surface area contributed by atoms with E-state index in [-0.39, 0.29) is 5.88 Å². The summed E-state index contributed by atoms with van der Waals surface area (Å²) < 4.78 is 32.4. The van der Waals surface area contributed by atoms with Crippen LogP contribution in [0.15, 0.2) is 24.4 Å². The molecule has 6 heteroatoms. The van der Waals surface area contributed by atoms with E-state index in [0.717, 1.165) is 0 Å². The molecule has 1 N–H and O–H groups in total. The highest BCUT2D eigenvalue weighted by Gasteiger charge is 2.05. The van der Waals surface area contributed by atoms with Crippen LogP contribution >= 0.6 is 0 Å². The predicted octanol–water partition coefficient (Wildman–Crippen LogP) is 0.263. The predicted molar refractivity (Wildman–Crippen MR) is 36.4 cm³/mol. The highest BCUT2D eigenvalue weighted by Crippen LogP contribution is 2.04. The number of rotatable bonds is 2. The summed E-state index contributed by atoms with van der Waals surface area (Å²) in [6.45, 7) is 0. The fraction of sp³-hybridized carbons (Fsp3) is 0. The molecule has 1 rings (SSSR count). The molecule has 0 aliphatic carbocycles. The van der Waals surface area contributed by atoms with E-state index in [4.69, 9.17) is 4.55 Å². The summed E-state index contributed by atoms with van der Waals surface area (Å²) in [6.07, 6.45) is 1.35. The lowest BCUT2D eigenvalue weighted by Crippen LogP contribution is -2.07. The van der Waals surface area contributed by atoms with E-state index in [1.807, 2.05) is 0 Å². The lowest BCUT2D eigenvalue weighted by molar-refractivity contribution is 0.381. The van der Waals surface area contributed by atoms with Crippen LogP contribution in [-0.2, 0) is 10.4 Å². The van der Waals surface area contributed by atoms with E-state index in [1.165, 1.54) is 18.3 Å². The number of aromatic nitrogens is 1. The van der Waals surface area contributed by atoms with Crippen LogP contribution in [0.2, 0.25) is 0 Å². The van der Waals surface area contributed by atoms with Gasteiger partial charge in [0.15, 0.2) is 0 Å². The second-order valence-electron chi connectivity index (χ2n) is 1.68. The molecule has 5 nitrogen and oxygen atoms in total. The van der Waals surface area contributed by atoms with Gasteiger partial charge < -0.3 is 4.18 Å². The van der Waals surface area contributed by atoms with Crippen LogP contribution in [0.1, 0.15) is 0 Å². The Balaban J connectivity index is 2.82. The van der Waals surface area contributed by atoms with Crippen LogP contribution in [-0.4, -0.2) is 18.0 Å². The Morgan fingerprint density at radius 1 is 1.45 bits per heavy atom. The van der Waals surface area contributed by atoms with Gasteiger partial charge in [-0.05, 0) is 6.07 Å². The first-order valence-corrected chi connectivity index (χ1v) is 4.02. The molecule has 0 aromatic carbocycles. The van der Waals surface area contributed by atoms with Crippen molar-refractivity contribution in [1.29, 1.82) is 0 Å². The molecule has 1 aromatic rings. The van der Waals surface area contributed by atoms with E-state index >= 15 is 0 Å². The Morgan fingerprint density at radius 3 is 2.64 bits per heavy atom. The Morgan fingerprint density at radius 2 is 2.18 bits per heavy atom. The first kappa shape index (κ1) is 7.96. The molecule has 0 saturated heterocycles. The summed E-state index contributed by atoms with van der Waals surface area (Å²) in [5.74, 6) is -0.157. The molecule has 0 unspecified atom stereocenters. The molecule has 60 valence electrons.